The number of methoxy groups -OCH3 is 1. The maximum atomic E-state index is 13.4. The molecule has 7 heteroatoms. The number of Topliss-reactive ketones (excluding diaryl/α,β-unsaturated/α-hetero) is 1. The average molecular weight is 520 g/mol. The van der Waals surface area contributed by atoms with E-state index in [9.17, 15) is 14.7 Å². The molecule has 0 saturated carbocycles. The Balaban J connectivity index is 1.86. The quantitative estimate of drug-likeness (QED) is 0.215. The number of carbonyl (C=O) groups is 2. The summed E-state index contributed by atoms with van der Waals surface area (Å²) in [6, 6.07) is 16.8. The monoisotopic (exact) mass is 519 g/mol. The third-order valence-electron chi connectivity index (χ3n) is 6.24. The molecule has 6 nitrogen and oxygen atoms in total. The van der Waals surface area contributed by atoms with Crippen LogP contribution < -0.4 is 14.4 Å². The Labute approximate surface area is 222 Å². The fraction of sp³-hybridized carbons (Fsp3) is 0.267. The Bertz CT molecular complexity index is 1390. The van der Waals surface area contributed by atoms with Gasteiger partial charge in [-0.3, -0.25) is 14.5 Å². The number of ketones is 1. The van der Waals surface area contributed by atoms with E-state index in [4.69, 9.17) is 21.1 Å². The maximum absolute atomic E-state index is 13.4. The molecule has 1 unspecified atom stereocenters. The lowest BCUT2D eigenvalue weighted by Gasteiger charge is -2.26. The molecule has 0 aromatic heterocycles. The summed E-state index contributed by atoms with van der Waals surface area (Å²) in [5.41, 5.74) is 3.33. The van der Waals surface area contributed by atoms with Gasteiger partial charge in [0.2, 0.25) is 0 Å². The van der Waals surface area contributed by atoms with Gasteiger partial charge in [-0.25, -0.2) is 0 Å². The van der Waals surface area contributed by atoms with Crippen LogP contribution in [0.25, 0.3) is 5.76 Å². The standard InChI is InChI=1S/C30H30ClNO5/c1-17(2)16-37-24-11-9-21(14-19(24)4)28(33)26-27(20-8-6-7-18(3)13-20)32(30(35)29(26)34)22-10-12-25(36-5)23(31)15-22/h6-15,17,27,33H,16H2,1-5H3/b28-26+. The number of halogens is 1. The number of carbonyl (C=O) groups excluding carboxylic acids is 2. The van der Waals surface area contributed by atoms with Crippen molar-refractivity contribution in [1.29, 1.82) is 0 Å². The van der Waals surface area contributed by atoms with E-state index in [1.54, 1.807) is 36.4 Å². The minimum Gasteiger partial charge on any atom is -0.507 e. The second-order valence-corrected chi connectivity index (χ2v) is 9.99. The fourth-order valence-electron chi connectivity index (χ4n) is 4.43. The molecule has 1 aliphatic rings. The Hall–Kier alpha value is -3.77. The Morgan fingerprint density at radius 2 is 1.76 bits per heavy atom. The SMILES string of the molecule is COc1ccc(N2C(=O)C(=O)/C(=C(/O)c3ccc(OCC(C)C)c(C)c3)C2c2cccc(C)c2)cc1Cl. The summed E-state index contributed by atoms with van der Waals surface area (Å²) < 4.78 is 11.1. The number of amides is 1. The predicted octanol–water partition coefficient (Wildman–Crippen LogP) is 6.63. The zero-order valence-electron chi connectivity index (χ0n) is 21.5. The Morgan fingerprint density at radius 3 is 2.38 bits per heavy atom. The first-order valence-corrected chi connectivity index (χ1v) is 12.4. The number of nitrogens with zero attached hydrogens (tertiary/aromatic N) is 1. The molecule has 37 heavy (non-hydrogen) atoms. The minimum absolute atomic E-state index is 0.0118. The van der Waals surface area contributed by atoms with Gasteiger partial charge >= 0.3 is 0 Å². The van der Waals surface area contributed by atoms with Crippen molar-refractivity contribution in [3.8, 4) is 11.5 Å². The van der Waals surface area contributed by atoms with Gasteiger partial charge in [-0.15, -0.1) is 0 Å². The van der Waals surface area contributed by atoms with E-state index in [0.717, 1.165) is 11.1 Å². The number of anilines is 1. The van der Waals surface area contributed by atoms with E-state index >= 15 is 0 Å². The normalized spacial score (nSPS) is 16.9. The average Bonchev–Trinajstić information content (AvgIpc) is 3.13. The summed E-state index contributed by atoms with van der Waals surface area (Å²) in [4.78, 5) is 28.2. The van der Waals surface area contributed by atoms with Crippen LogP contribution in [0, 0.1) is 19.8 Å². The first-order valence-electron chi connectivity index (χ1n) is 12.1. The van der Waals surface area contributed by atoms with Crippen LogP contribution in [0.2, 0.25) is 5.02 Å². The van der Waals surface area contributed by atoms with E-state index in [1.165, 1.54) is 12.0 Å². The van der Waals surface area contributed by atoms with Crippen molar-refractivity contribution in [2.75, 3.05) is 18.6 Å². The van der Waals surface area contributed by atoms with Crippen molar-refractivity contribution >= 4 is 34.7 Å². The molecular formula is C30H30ClNO5. The van der Waals surface area contributed by atoms with Crippen molar-refractivity contribution in [3.05, 3.63) is 93.5 Å². The van der Waals surface area contributed by atoms with Crippen molar-refractivity contribution < 1.29 is 24.2 Å². The molecule has 0 spiro atoms. The number of benzene rings is 3. The fourth-order valence-corrected chi connectivity index (χ4v) is 4.68. The molecule has 0 aliphatic carbocycles. The van der Waals surface area contributed by atoms with Crippen LogP contribution in [0.5, 0.6) is 11.5 Å². The molecule has 1 saturated heterocycles. The van der Waals surface area contributed by atoms with Crippen LogP contribution in [0.15, 0.2) is 66.2 Å². The second-order valence-electron chi connectivity index (χ2n) is 9.59. The Morgan fingerprint density at radius 1 is 1.03 bits per heavy atom. The van der Waals surface area contributed by atoms with E-state index in [1.807, 2.05) is 38.1 Å². The number of ether oxygens (including phenoxy) is 2. The summed E-state index contributed by atoms with van der Waals surface area (Å²) in [7, 11) is 1.50. The van der Waals surface area contributed by atoms with Gasteiger partial charge < -0.3 is 14.6 Å². The third kappa shape index (κ3) is 5.20. The molecule has 4 rings (SSSR count). The van der Waals surface area contributed by atoms with Crippen LogP contribution in [0.3, 0.4) is 0 Å². The van der Waals surface area contributed by atoms with Gasteiger partial charge in [0.15, 0.2) is 0 Å². The molecule has 1 amide bonds. The zero-order valence-corrected chi connectivity index (χ0v) is 22.3. The Kier molecular flexibility index (Phi) is 7.60. The highest BCUT2D eigenvalue weighted by Gasteiger charge is 2.47. The maximum Gasteiger partial charge on any atom is 0.300 e. The number of aryl methyl sites for hydroxylation is 2. The van der Waals surface area contributed by atoms with Crippen molar-refractivity contribution in [1.82, 2.24) is 0 Å². The molecule has 1 atom stereocenters. The van der Waals surface area contributed by atoms with Gasteiger partial charge in [-0.2, -0.15) is 0 Å². The van der Waals surface area contributed by atoms with Crippen molar-refractivity contribution in [3.63, 3.8) is 0 Å². The molecule has 1 fully saturated rings. The first kappa shape index (κ1) is 26.3. The predicted molar refractivity (Wildman–Crippen MR) is 145 cm³/mol. The largest absolute Gasteiger partial charge is 0.507 e. The van der Waals surface area contributed by atoms with E-state index in [2.05, 4.69) is 13.8 Å². The van der Waals surface area contributed by atoms with Crippen LogP contribution in [-0.2, 0) is 9.59 Å². The molecule has 1 heterocycles. The summed E-state index contributed by atoms with van der Waals surface area (Å²) >= 11 is 6.36. The topological polar surface area (TPSA) is 76.1 Å². The number of aliphatic hydroxyl groups is 1. The van der Waals surface area contributed by atoms with E-state index < -0.39 is 17.7 Å². The number of hydrogen-bond acceptors (Lipinski definition) is 5. The first-order chi connectivity index (χ1) is 17.6. The van der Waals surface area contributed by atoms with Crippen LogP contribution >= 0.6 is 11.6 Å². The lowest BCUT2D eigenvalue weighted by molar-refractivity contribution is -0.132. The van der Waals surface area contributed by atoms with Gasteiger partial charge in [-0.05, 0) is 67.3 Å². The molecular weight excluding hydrogens is 490 g/mol. The highest BCUT2D eigenvalue weighted by Crippen LogP contribution is 2.44. The lowest BCUT2D eigenvalue weighted by atomic mass is 9.94. The third-order valence-corrected chi connectivity index (χ3v) is 6.53. The van der Waals surface area contributed by atoms with Crippen molar-refractivity contribution in [2.45, 2.75) is 33.7 Å². The van der Waals surface area contributed by atoms with Gasteiger partial charge in [0.25, 0.3) is 11.7 Å². The molecule has 1 N–H and O–H groups in total. The van der Waals surface area contributed by atoms with E-state index in [-0.39, 0.29) is 11.3 Å². The van der Waals surface area contributed by atoms with E-state index in [0.29, 0.717) is 45.9 Å². The second kappa shape index (κ2) is 10.7. The van der Waals surface area contributed by atoms with Crippen LogP contribution in [0.4, 0.5) is 5.69 Å². The number of hydrogen-bond donors (Lipinski definition) is 1. The number of aliphatic hydroxyl groups excluding tert-OH is 1. The highest BCUT2D eigenvalue weighted by molar-refractivity contribution is 6.51. The van der Waals surface area contributed by atoms with Crippen molar-refractivity contribution in [2.24, 2.45) is 5.92 Å². The summed E-state index contributed by atoms with van der Waals surface area (Å²) in [5, 5.41) is 11.7. The van der Waals surface area contributed by atoms with Gasteiger partial charge in [-0.1, -0.05) is 55.3 Å². The molecule has 1 aliphatic heterocycles. The lowest BCUT2D eigenvalue weighted by Crippen LogP contribution is -2.29. The molecule has 0 bridgehead atoms. The summed E-state index contributed by atoms with van der Waals surface area (Å²) in [6.45, 7) is 8.50. The van der Waals surface area contributed by atoms with Gasteiger partial charge in [0.1, 0.15) is 17.3 Å². The zero-order chi connectivity index (χ0) is 26.9. The molecule has 3 aromatic rings. The molecule has 0 radical (unpaired) electrons. The smallest absolute Gasteiger partial charge is 0.300 e. The minimum atomic E-state index is -0.846. The van der Waals surface area contributed by atoms with Gasteiger partial charge in [0.05, 0.1) is 30.4 Å². The summed E-state index contributed by atoms with van der Waals surface area (Å²) in [6.07, 6.45) is 0. The number of rotatable bonds is 7. The van der Waals surface area contributed by atoms with Gasteiger partial charge in [0, 0.05) is 11.3 Å². The van der Waals surface area contributed by atoms with Crippen LogP contribution in [0.1, 0.15) is 42.1 Å². The van der Waals surface area contributed by atoms with Crippen LogP contribution in [-0.4, -0.2) is 30.5 Å². The molecule has 3 aromatic carbocycles. The molecule has 192 valence electrons. The highest BCUT2D eigenvalue weighted by atomic mass is 35.5. The summed E-state index contributed by atoms with van der Waals surface area (Å²) in [5.74, 6) is -0.246.